The van der Waals surface area contributed by atoms with Crippen molar-refractivity contribution in [3.05, 3.63) is 0 Å². The minimum absolute atomic E-state index is 0.623. The first kappa shape index (κ1) is 13.9. The van der Waals surface area contributed by atoms with Crippen molar-refractivity contribution in [2.75, 3.05) is 33.2 Å². The summed E-state index contributed by atoms with van der Waals surface area (Å²) in [5, 5.41) is 3.32. The standard InChI is InChI=1S/C13H29N3/c1-11(2)15-6-8-16(9-7-15)13(4)10-12(3)14-5/h11-14H,6-10H2,1-5H3. The van der Waals surface area contributed by atoms with Crippen molar-refractivity contribution in [1.82, 2.24) is 15.1 Å². The van der Waals surface area contributed by atoms with Gasteiger partial charge in [-0.05, 0) is 41.2 Å². The molecule has 0 aromatic carbocycles. The van der Waals surface area contributed by atoms with Crippen molar-refractivity contribution in [3.63, 3.8) is 0 Å². The maximum Gasteiger partial charge on any atom is 0.0113 e. The van der Waals surface area contributed by atoms with Crippen LogP contribution in [-0.2, 0) is 0 Å². The maximum absolute atomic E-state index is 3.32. The average Bonchev–Trinajstić information content (AvgIpc) is 2.28. The van der Waals surface area contributed by atoms with Gasteiger partial charge in [-0.1, -0.05) is 0 Å². The molecule has 1 saturated heterocycles. The molecular weight excluding hydrogens is 198 g/mol. The third kappa shape index (κ3) is 4.04. The molecular formula is C13H29N3. The van der Waals surface area contributed by atoms with E-state index in [1.54, 1.807) is 0 Å². The molecule has 2 atom stereocenters. The Morgan fingerprint density at radius 3 is 1.88 bits per heavy atom. The van der Waals surface area contributed by atoms with Crippen LogP contribution in [0.2, 0.25) is 0 Å². The fourth-order valence-electron chi connectivity index (χ4n) is 2.47. The van der Waals surface area contributed by atoms with Crippen molar-refractivity contribution in [2.24, 2.45) is 0 Å². The molecule has 1 aliphatic rings. The monoisotopic (exact) mass is 227 g/mol. The molecule has 1 fully saturated rings. The Hall–Kier alpha value is -0.120. The van der Waals surface area contributed by atoms with E-state index in [1.807, 2.05) is 7.05 Å². The Morgan fingerprint density at radius 1 is 0.938 bits per heavy atom. The molecule has 1 N–H and O–H groups in total. The van der Waals surface area contributed by atoms with Gasteiger partial charge in [0.15, 0.2) is 0 Å². The summed E-state index contributed by atoms with van der Waals surface area (Å²) >= 11 is 0. The summed E-state index contributed by atoms with van der Waals surface area (Å²) in [6.45, 7) is 14.1. The van der Waals surface area contributed by atoms with Gasteiger partial charge in [0.1, 0.15) is 0 Å². The summed E-state index contributed by atoms with van der Waals surface area (Å²) in [4.78, 5) is 5.21. The van der Waals surface area contributed by atoms with Crippen LogP contribution < -0.4 is 5.32 Å². The van der Waals surface area contributed by atoms with Gasteiger partial charge in [0, 0.05) is 44.3 Å². The largest absolute Gasteiger partial charge is 0.317 e. The van der Waals surface area contributed by atoms with Gasteiger partial charge in [-0.2, -0.15) is 0 Å². The molecule has 0 bridgehead atoms. The lowest BCUT2D eigenvalue weighted by Gasteiger charge is -2.40. The number of piperazine rings is 1. The Bertz CT molecular complexity index is 186. The summed E-state index contributed by atoms with van der Waals surface area (Å²) in [7, 11) is 2.05. The van der Waals surface area contributed by atoms with Crippen molar-refractivity contribution >= 4 is 0 Å². The fourth-order valence-corrected chi connectivity index (χ4v) is 2.47. The van der Waals surface area contributed by atoms with E-state index in [1.165, 1.54) is 32.6 Å². The van der Waals surface area contributed by atoms with E-state index in [-0.39, 0.29) is 0 Å². The highest BCUT2D eigenvalue weighted by molar-refractivity contribution is 4.79. The third-order valence-corrected chi connectivity index (χ3v) is 3.89. The van der Waals surface area contributed by atoms with Crippen molar-refractivity contribution in [1.29, 1.82) is 0 Å². The Labute approximate surface area is 101 Å². The lowest BCUT2D eigenvalue weighted by Crippen LogP contribution is -2.52. The van der Waals surface area contributed by atoms with Gasteiger partial charge < -0.3 is 5.32 Å². The van der Waals surface area contributed by atoms with Crippen LogP contribution in [0, 0.1) is 0 Å². The van der Waals surface area contributed by atoms with E-state index in [9.17, 15) is 0 Å². The SMILES string of the molecule is CNC(C)CC(C)N1CCN(C(C)C)CC1. The van der Waals surface area contributed by atoms with E-state index in [2.05, 4.69) is 42.8 Å². The quantitative estimate of drug-likeness (QED) is 0.766. The highest BCUT2D eigenvalue weighted by Crippen LogP contribution is 2.12. The van der Waals surface area contributed by atoms with Crippen LogP contribution in [0.5, 0.6) is 0 Å². The average molecular weight is 227 g/mol. The van der Waals surface area contributed by atoms with Crippen molar-refractivity contribution in [2.45, 2.75) is 52.2 Å². The first-order chi connectivity index (χ1) is 7.54. The molecule has 3 heteroatoms. The molecule has 3 nitrogen and oxygen atoms in total. The molecule has 96 valence electrons. The maximum atomic E-state index is 3.32. The van der Waals surface area contributed by atoms with Crippen molar-refractivity contribution < 1.29 is 0 Å². The van der Waals surface area contributed by atoms with Crippen LogP contribution >= 0.6 is 0 Å². The number of nitrogens with zero attached hydrogens (tertiary/aromatic N) is 2. The minimum atomic E-state index is 0.623. The van der Waals surface area contributed by atoms with Crippen LogP contribution in [0.25, 0.3) is 0 Å². The second-order valence-electron chi connectivity index (χ2n) is 5.44. The van der Waals surface area contributed by atoms with Crippen molar-refractivity contribution in [3.8, 4) is 0 Å². The van der Waals surface area contributed by atoms with Gasteiger partial charge in [-0.25, -0.2) is 0 Å². The van der Waals surface area contributed by atoms with Gasteiger partial charge in [-0.3, -0.25) is 9.80 Å². The molecule has 16 heavy (non-hydrogen) atoms. The smallest absolute Gasteiger partial charge is 0.0113 e. The van der Waals surface area contributed by atoms with Crippen LogP contribution in [0.1, 0.15) is 34.1 Å². The summed E-state index contributed by atoms with van der Waals surface area (Å²) in [6.07, 6.45) is 1.25. The zero-order valence-corrected chi connectivity index (χ0v) is 11.7. The Morgan fingerprint density at radius 2 is 1.44 bits per heavy atom. The summed E-state index contributed by atoms with van der Waals surface area (Å²) in [6, 6.07) is 2.03. The fraction of sp³-hybridized carbons (Fsp3) is 1.00. The predicted molar refractivity (Wildman–Crippen MR) is 70.9 cm³/mol. The molecule has 0 aromatic heterocycles. The van der Waals surface area contributed by atoms with E-state index in [0.29, 0.717) is 18.1 Å². The highest BCUT2D eigenvalue weighted by atomic mass is 15.3. The zero-order chi connectivity index (χ0) is 12.1. The Balaban J connectivity index is 2.30. The van der Waals surface area contributed by atoms with Gasteiger partial charge in [0.2, 0.25) is 0 Å². The summed E-state index contributed by atoms with van der Waals surface area (Å²) < 4.78 is 0. The second-order valence-corrected chi connectivity index (χ2v) is 5.44. The molecule has 2 unspecified atom stereocenters. The van der Waals surface area contributed by atoms with E-state index in [0.717, 1.165) is 0 Å². The Kier molecular flexibility index (Phi) is 5.73. The molecule has 1 rings (SSSR count). The van der Waals surface area contributed by atoms with Gasteiger partial charge >= 0.3 is 0 Å². The summed E-state index contributed by atoms with van der Waals surface area (Å²) in [5.41, 5.74) is 0. The normalized spacial score (nSPS) is 23.6. The molecule has 0 aliphatic carbocycles. The lowest BCUT2D eigenvalue weighted by molar-refractivity contribution is 0.0780. The predicted octanol–water partition coefficient (Wildman–Crippen LogP) is 1.40. The molecule has 1 aliphatic heterocycles. The topological polar surface area (TPSA) is 18.5 Å². The van der Waals surface area contributed by atoms with E-state index >= 15 is 0 Å². The van der Waals surface area contributed by atoms with Gasteiger partial charge in [-0.15, -0.1) is 0 Å². The van der Waals surface area contributed by atoms with E-state index in [4.69, 9.17) is 0 Å². The van der Waals surface area contributed by atoms with Gasteiger partial charge in [0.05, 0.1) is 0 Å². The molecule has 0 saturated carbocycles. The zero-order valence-electron chi connectivity index (χ0n) is 11.7. The van der Waals surface area contributed by atoms with Crippen LogP contribution in [0.3, 0.4) is 0 Å². The number of hydrogen-bond donors (Lipinski definition) is 1. The molecule has 0 aromatic rings. The van der Waals surface area contributed by atoms with Crippen LogP contribution in [0.4, 0.5) is 0 Å². The number of rotatable bonds is 5. The molecule has 0 amide bonds. The number of nitrogens with one attached hydrogen (secondary N) is 1. The second kappa shape index (κ2) is 6.58. The molecule has 0 radical (unpaired) electrons. The van der Waals surface area contributed by atoms with Crippen LogP contribution in [0.15, 0.2) is 0 Å². The highest BCUT2D eigenvalue weighted by Gasteiger charge is 2.22. The first-order valence-electron chi connectivity index (χ1n) is 6.70. The first-order valence-corrected chi connectivity index (χ1v) is 6.70. The van der Waals surface area contributed by atoms with Gasteiger partial charge in [0.25, 0.3) is 0 Å². The summed E-state index contributed by atoms with van der Waals surface area (Å²) in [5.74, 6) is 0. The lowest BCUT2D eigenvalue weighted by atomic mass is 10.1. The number of hydrogen-bond acceptors (Lipinski definition) is 3. The third-order valence-electron chi connectivity index (χ3n) is 3.89. The van der Waals surface area contributed by atoms with Crippen LogP contribution in [-0.4, -0.2) is 61.2 Å². The molecule has 1 heterocycles. The minimum Gasteiger partial charge on any atom is -0.317 e. The van der Waals surface area contributed by atoms with E-state index < -0.39 is 0 Å². The molecule has 0 spiro atoms.